The number of nitrogens with zero attached hydrogens (tertiary/aromatic N) is 3. The molecule has 0 bridgehead atoms. The van der Waals surface area contributed by atoms with Crippen molar-refractivity contribution in [1.29, 1.82) is 0 Å². The second-order valence-corrected chi connectivity index (χ2v) is 10.0. The van der Waals surface area contributed by atoms with Crippen molar-refractivity contribution in [3.05, 3.63) is 69.5 Å². The SMILES string of the molecule is CCCCc1c(O)nc(SCC(=O)Nc2nc3ccccc3s2)n(-c2ccc(C)c(C)c2)c1=O. The largest absolute Gasteiger partial charge is 0.493 e. The van der Waals surface area contributed by atoms with Gasteiger partial charge in [-0.05, 0) is 62.1 Å². The number of thioether (sulfide) groups is 1. The number of carbonyl (C=O) groups is 1. The van der Waals surface area contributed by atoms with Crippen molar-refractivity contribution in [2.24, 2.45) is 0 Å². The van der Waals surface area contributed by atoms with Crippen LogP contribution in [-0.4, -0.2) is 31.3 Å². The van der Waals surface area contributed by atoms with Crippen LogP contribution in [0.5, 0.6) is 5.88 Å². The van der Waals surface area contributed by atoms with Gasteiger partial charge in [0.05, 0.1) is 27.2 Å². The Labute approximate surface area is 205 Å². The van der Waals surface area contributed by atoms with Gasteiger partial charge in [-0.3, -0.25) is 14.2 Å². The monoisotopic (exact) mass is 494 g/mol. The van der Waals surface area contributed by atoms with Gasteiger partial charge in [-0.2, -0.15) is 4.98 Å². The number of hydrogen-bond acceptors (Lipinski definition) is 7. The van der Waals surface area contributed by atoms with Gasteiger partial charge in [0.1, 0.15) is 0 Å². The molecule has 4 aromatic rings. The van der Waals surface area contributed by atoms with Crippen molar-refractivity contribution >= 4 is 44.4 Å². The van der Waals surface area contributed by atoms with Gasteiger partial charge in [-0.15, -0.1) is 0 Å². The Balaban J connectivity index is 1.62. The van der Waals surface area contributed by atoms with Crippen LogP contribution in [0.4, 0.5) is 5.13 Å². The molecule has 2 heterocycles. The fourth-order valence-corrected chi connectivity index (χ4v) is 5.18. The average Bonchev–Trinajstić information content (AvgIpc) is 3.21. The van der Waals surface area contributed by atoms with E-state index in [2.05, 4.69) is 15.3 Å². The Morgan fingerprint density at radius 1 is 1.15 bits per heavy atom. The second-order valence-electron chi connectivity index (χ2n) is 8.03. The van der Waals surface area contributed by atoms with Crippen LogP contribution < -0.4 is 10.9 Å². The van der Waals surface area contributed by atoms with Crippen LogP contribution >= 0.6 is 23.1 Å². The number of hydrogen-bond donors (Lipinski definition) is 2. The molecule has 7 nitrogen and oxygen atoms in total. The number of rotatable bonds is 8. The summed E-state index contributed by atoms with van der Waals surface area (Å²) in [7, 11) is 0. The first kappa shape index (κ1) is 24.0. The van der Waals surface area contributed by atoms with E-state index < -0.39 is 0 Å². The summed E-state index contributed by atoms with van der Waals surface area (Å²) in [5.41, 5.74) is 3.62. The maximum Gasteiger partial charge on any atom is 0.265 e. The molecule has 0 atom stereocenters. The molecule has 0 spiro atoms. The molecule has 0 saturated heterocycles. The molecule has 34 heavy (non-hydrogen) atoms. The van der Waals surface area contributed by atoms with Gasteiger partial charge in [0.25, 0.3) is 5.56 Å². The first-order valence-electron chi connectivity index (χ1n) is 11.1. The highest BCUT2D eigenvalue weighted by Crippen LogP contribution is 2.27. The van der Waals surface area contributed by atoms with Crippen LogP contribution in [0.1, 0.15) is 36.5 Å². The van der Waals surface area contributed by atoms with E-state index in [1.54, 1.807) is 0 Å². The summed E-state index contributed by atoms with van der Waals surface area (Å²) in [4.78, 5) is 34.8. The zero-order chi connectivity index (χ0) is 24.2. The summed E-state index contributed by atoms with van der Waals surface area (Å²) in [6, 6.07) is 13.4. The Morgan fingerprint density at radius 3 is 2.68 bits per heavy atom. The van der Waals surface area contributed by atoms with Gasteiger partial charge < -0.3 is 10.4 Å². The third-order valence-corrected chi connectivity index (χ3v) is 7.42. The number of aromatic nitrogens is 3. The molecule has 0 aliphatic carbocycles. The number of thiazole rings is 1. The van der Waals surface area contributed by atoms with Crippen molar-refractivity contribution in [2.75, 3.05) is 11.1 Å². The lowest BCUT2D eigenvalue weighted by molar-refractivity contribution is -0.113. The minimum Gasteiger partial charge on any atom is -0.493 e. The molecular formula is C25H26N4O3S2. The standard InChI is InChI=1S/C25H26N4O3S2/c1-4-5-8-18-22(31)28-25(29(23(18)32)17-12-11-15(2)16(3)13-17)33-14-21(30)27-24-26-19-9-6-7-10-20(19)34-24/h6-7,9-13,31H,4-5,8,14H2,1-3H3,(H,26,27,30). The molecule has 0 radical (unpaired) electrons. The zero-order valence-corrected chi connectivity index (χ0v) is 20.9. The zero-order valence-electron chi connectivity index (χ0n) is 19.3. The number of nitrogens with one attached hydrogen (secondary N) is 1. The van der Waals surface area contributed by atoms with Gasteiger partial charge in [0.2, 0.25) is 11.8 Å². The van der Waals surface area contributed by atoms with E-state index in [9.17, 15) is 14.7 Å². The maximum atomic E-state index is 13.4. The van der Waals surface area contributed by atoms with E-state index in [-0.39, 0.29) is 28.3 Å². The fourth-order valence-electron chi connectivity index (χ4n) is 3.50. The highest BCUT2D eigenvalue weighted by Gasteiger charge is 2.19. The Bertz CT molecular complexity index is 1380. The summed E-state index contributed by atoms with van der Waals surface area (Å²) in [5.74, 6) is -0.520. The maximum absolute atomic E-state index is 13.4. The summed E-state index contributed by atoms with van der Waals surface area (Å²) >= 11 is 2.51. The molecule has 0 aliphatic heterocycles. The van der Waals surface area contributed by atoms with Gasteiger partial charge >= 0.3 is 0 Å². The van der Waals surface area contributed by atoms with Crippen LogP contribution in [0.15, 0.2) is 52.4 Å². The van der Waals surface area contributed by atoms with E-state index >= 15 is 0 Å². The minimum absolute atomic E-state index is 0.0148. The van der Waals surface area contributed by atoms with Crippen molar-refractivity contribution in [3.63, 3.8) is 0 Å². The number of benzene rings is 2. The highest BCUT2D eigenvalue weighted by atomic mass is 32.2. The number of para-hydroxylation sites is 1. The lowest BCUT2D eigenvalue weighted by atomic mass is 10.1. The lowest BCUT2D eigenvalue weighted by Crippen LogP contribution is -2.26. The van der Waals surface area contributed by atoms with Crippen LogP contribution in [0.2, 0.25) is 0 Å². The molecule has 0 fully saturated rings. The average molecular weight is 495 g/mol. The topological polar surface area (TPSA) is 97.1 Å². The summed E-state index contributed by atoms with van der Waals surface area (Å²) in [6.45, 7) is 6.01. The molecule has 176 valence electrons. The summed E-state index contributed by atoms with van der Waals surface area (Å²) in [6.07, 6.45) is 2.11. The third-order valence-electron chi connectivity index (χ3n) is 5.53. The van der Waals surface area contributed by atoms with Crippen molar-refractivity contribution in [2.45, 2.75) is 45.2 Å². The Morgan fingerprint density at radius 2 is 1.94 bits per heavy atom. The predicted octanol–water partition coefficient (Wildman–Crippen LogP) is 5.24. The van der Waals surface area contributed by atoms with Crippen LogP contribution in [0.25, 0.3) is 15.9 Å². The van der Waals surface area contributed by atoms with Gasteiger partial charge in [0.15, 0.2) is 10.3 Å². The molecule has 2 aromatic carbocycles. The molecule has 2 aromatic heterocycles. The number of aromatic hydroxyl groups is 1. The summed E-state index contributed by atoms with van der Waals surface area (Å²) < 4.78 is 2.48. The predicted molar refractivity (Wildman–Crippen MR) is 139 cm³/mol. The van der Waals surface area contributed by atoms with E-state index in [0.717, 1.165) is 45.9 Å². The first-order valence-corrected chi connectivity index (χ1v) is 12.9. The number of fused-ring (bicyclic) bond motifs is 1. The lowest BCUT2D eigenvalue weighted by Gasteiger charge is -2.15. The number of unbranched alkanes of at least 4 members (excludes halogenated alkanes) is 1. The van der Waals surface area contributed by atoms with E-state index in [4.69, 9.17) is 0 Å². The number of aryl methyl sites for hydroxylation is 2. The third kappa shape index (κ3) is 5.15. The van der Waals surface area contributed by atoms with Crippen molar-refractivity contribution in [3.8, 4) is 11.6 Å². The van der Waals surface area contributed by atoms with Gasteiger partial charge in [-0.25, -0.2) is 4.98 Å². The molecule has 0 aliphatic rings. The van der Waals surface area contributed by atoms with Gasteiger partial charge in [0, 0.05) is 0 Å². The second kappa shape index (κ2) is 10.4. The molecule has 0 saturated carbocycles. The van der Waals surface area contributed by atoms with E-state index in [0.29, 0.717) is 22.8 Å². The van der Waals surface area contributed by atoms with Gasteiger partial charge in [-0.1, -0.05) is 54.6 Å². The molecule has 4 rings (SSSR count). The first-order chi connectivity index (χ1) is 16.4. The smallest absolute Gasteiger partial charge is 0.265 e. The minimum atomic E-state index is -0.307. The van der Waals surface area contributed by atoms with Crippen LogP contribution in [0, 0.1) is 13.8 Å². The number of anilines is 1. The Kier molecular flexibility index (Phi) is 7.33. The number of carbonyl (C=O) groups excluding carboxylic acids is 1. The summed E-state index contributed by atoms with van der Waals surface area (Å²) in [5, 5.41) is 14.1. The fraction of sp³-hybridized carbons (Fsp3) is 0.280. The molecule has 9 heteroatoms. The number of amides is 1. The van der Waals surface area contributed by atoms with Crippen LogP contribution in [-0.2, 0) is 11.2 Å². The quantitative estimate of drug-likeness (QED) is 0.257. The Hall–Kier alpha value is -3.17. The van der Waals surface area contributed by atoms with E-state index in [1.807, 2.05) is 63.2 Å². The van der Waals surface area contributed by atoms with Crippen molar-refractivity contribution in [1.82, 2.24) is 14.5 Å². The molecule has 0 unspecified atom stereocenters. The van der Waals surface area contributed by atoms with E-state index in [1.165, 1.54) is 15.9 Å². The molecular weight excluding hydrogens is 468 g/mol. The molecule has 1 amide bonds. The van der Waals surface area contributed by atoms with Crippen molar-refractivity contribution < 1.29 is 9.90 Å². The molecule has 2 N–H and O–H groups in total. The normalized spacial score (nSPS) is 11.1. The highest BCUT2D eigenvalue weighted by molar-refractivity contribution is 7.99. The van der Waals surface area contributed by atoms with Crippen LogP contribution in [0.3, 0.4) is 0 Å².